The van der Waals surface area contributed by atoms with E-state index in [0.29, 0.717) is 10.1 Å². The van der Waals surface area contributed by atoms with Crippen LogP contribution in [0.2, 0.25) is 0 Å². The molecule has 1 aromatic heterocycles. The van der Waals surface area contributed by atoms with Gasteiger partial charge in [0.05, 0.1) is 0 Å². The molecule has 0 bridgehead atoms. The number of hydrogen-bond acceptors (Lipinski definition) is 8. The molecular formula is C9H13N3O4S. The van der Waals surface area contributed by atoms with E-state index in [4.69, 9.17) is 19.9 Å². The molecule has 2 fully saturated rings. The van der Waals surface area contributed by atoms with Gasteiger partial charge in [0, 0.05) is 0 Å². The summed E-state index contributed by atoms with van der Waals surface area (Å²) in [5, 5.41) is 18.6. The number of aromatic nitrogens is 2. The minimum Gasteiger partial charge on any atom is -0.387 e. The second-order valence-electron chi connectivity index (χ2n) is 4.49. The van der Waals surface area contributed by atoms with Crippen LogP contribution in [0.15, 0.2) is 0 Å². The average molecular weight is 259 g/mol. The van der Waals surface area contributed by atoms with Crippen molar-refractivity contribution in [3.05, 3.63) is 5.01 Å². The van der Waals surface area contributed by atoms with Gasteiger partial charge in [-0.3, -0.25) is 0 Å². The predicted octanol–water partition coefficient (Wildman–Crippen LogP) is 0.0301. The molecule has 3 rings (SSSR count). The molecule has 2 saturated heterocycles. The highest BCUT2D eigenvalue weighted by Gasteiger charge is 2.55. The van der Waals surface area contributed by atoms with Crippen LogP contribution in [0.4, 0.5) is 5.13 Å². The summed E-state index contributed by atoms with van der Waals surface area (Å²) in [6.07, 6.45) is -2.49. The zero-order valence-electron chi connectivity index (χ0n) is 9.36. The number of nitrogens with zero attached hydrogens (tertiary/aromatic N) is 2. The molecule has 94 valence electrons. The Morgan fingerprint density at radius 2 is 2.12 bits per heavy atom. The van der Waals surface area contributed by atoms with Crippen LogP contribution in [-0.2, 0) is 14.2 Å². The van der Waals surface area contributed by atoms with Crippen molar-refractivity contribution in [3.63, 3.8) is 0 Å². The van der Waals surface area contributed by atoms with E-state index >= 15 is 0 Å². The van der Waals surface area contributed by atoms with Crippen molar-refractivity contribution in [1.29, 1.82) is 0 Å². The maximum absolute atomic E-state index is 10.1. The van der Waals surface area contributed by atoms with Crippen molar-refractivity contribution < 1.29 is 19.3 Å². The Morgan fingerprint density at radius 3 is 2.71 bits per heavy atom. The van der Waals surface area contributed by atoms with Gasteiger partial charge < -0.3 is 25.1 Å². The van der Waals surface area contributed by atoms with Gasteiger partial charge in [-0.1, -0.05) is 11.3 Å². The number of aliphatic hydroxyl groups is 1. The first-order valence-electron chi connectivity index (χ1n) is 5.24. The topological polar surface area (TPSA) is 99.7 Å². The van der Waals surface area contributed by atoms with Gasteiger partial charge in [0.15, 0.2) is 17.1 Å². The highest BCUT2D eigenvalue weighted by molar-refractivity contribution is 7.15. The van der Waals surface area contributed by atoms with Crippen LogP contribution < -0.4 is 5.73 Å². The van der Waals surface area contributed by atoms with E-state index in [2.05, 4.69) is 10.2 Å². The minimum absolute atomic E-state index is 0.343. The quantitative estimate of drug-likeness (QED) is 0.733. The van der Waals surface area contributed by atoms with Crippen molar-refractivity contribution in [2.45, 2.75) is 44.2 Å². The van der Waals surface area contributed by atoms with Crippen molar-refractivity contribution in [2.75, 3.05) is 5.73 Å². The number of anilines is 1. The molecule has 0 amide bonds. The van der Waals surface area contributed by atoms with Crippen LogP contribution in [0.25, 0.3) is 0 Å². The fourth-order valence-corrected chi connectivity index (χ4v) is 2.75. The number of nitrogen functional groups attached to an aromatic ring is 1. The maximum Gasteiger partial charge on any atom is 0.203 e. The normalized spacial score (nSPS) is 39.5. The van der Waals surface area contributed by atoms with Crippen LogP contribution in [0, 0.1) is 0 Å². The molecule has 0 unspecified atom stereocenters. The fourth-order valence-electron chi connectivity index (χ4n) is 2.06. The number of hydrogen-bond donors (Lipinski definition) is 2. The lowest BCUT2D eigenvalue weighted by Gasteiger charge is -2.21. The number of nitrogens with two attached hydrogens (primary N) is 1. The highest BCUT2D eigenvalue weighted by atomic mass is 32.1. The lowest BCUT2D eigenvalue weighted by molar-refractivity contribution is -0.216. The highest BCUT2D eigenvalue weighted by Crippen LogP contribution is 2.43. The van der Waals surface area contributed by atoms with E-state index < -0.39 is 30.4 Å². The van der Waals surface area contributed by atoms with Gasteiger partial charge >= 0.3 is 0 Å². The van der Waals surface area contributed by atoms with Crippen molar-refractivity contribution in [2.24, 2.45) is 0 Å². The van der Waals surface area contributed by atoms with Crippen LogP contribution in [0.3, 0.4) is 0 Å². The number of fused-ring (bicyclic) bond motifs is 1. The summed E-state index contributed by atoms with van der Waals surface area (Å²) in [6, 6.07) is 0. The van der Waals surface area contributed by atoms with Gasteiger partial charge in [0.25, 0.3) is 0 Å². The molecule has 0 aliphatic carbocycles. The third-order valence-electron chi connectivity index (χ3n) is 2.72. The van der Waals surface area contributed by atoms with E-state index in [1.54, 1.807) is 13.8 Å². The number of ether oxygens (including phenoxy) is 3. The monoisotopic (exact) mass is 259 g/mol. The van der Waals surface area contributed by atoms with Gasteiger partial charge in [0.2, 0.25) is 5.13 Å². The number of rotatable bonds is 1. The summed E-state index contributed by atoms with van der Waals surface area (Å²) >= 11 is 1.19. The maximum atomic E-state index is 10.1. The first-order chi connectivity index (χ1) is 7.96. The zero-order valence-corrected chi connectivity index (χ0v) is 10.2. The molecule has 8 heteroatoms. The summed E-state index contributed by atoms with van der Waals surface area (Å²) in [5.74, 6) is -0.735. The lowest BCUT2D eigenvalue weighted by Crippen LogP contribution is -2.31. The Bertz CT molecular complexity index is 438. The predicted molar refractivity (Wildman–Crippen MR) is 58.0 cm³/mol. The van der Waals surface area contributed by atoms with Crippen LogP contribution in [0.1, 0.15) is 25.0 Å². The van der Waals surface area contributed by atoms with E-state index in [0.717, 1.165) is 0 Å². The zero-order chi connectivity index (χ0) is 12.2. The van der Waals surface area contributed by atoms with Crippen LogP contribution in [-0.4, -0.2) is 39.6 Å². The smallest absolute Gasteiger partial charge is 0.203 e. The van der Waals surface area contributed by atoms with Crippen molar-refractivity contribution in [1.82, 2.24) is 10.2 Å². The average Bonchev–Trinajstić information content (AvgIpc) is 2.83. The molecule has 0 saturated carbocycles. The van der Waals surface area contributed by atoms with E-state index in [1.807, 2.05) is 0 Å². The summed E-state index contributed by atoms with van der Waals surface area (Å²) in [4.78, 5) is 0. The molecule has 0 spiro atoms. The summed E-state index contributed by atoms with van der Waals surface area (Å²) < 4.78 is 16.7. The van der Waals surface area contributed by atoms with Crippen molar-refractivity contribution in [3.8, 4) is 0 Å². The molecule has 2 aliphatic heterocycles. The molecule has 2 aliphatic rings. The fraction of sp³-hybridized carbons (Fsp3) is 0.778. The largest absolute Gasteiger partial charge is 0.387 e. The summed E-state index contributed by atoms with van der Waals surface area (Å²) in [7, 11) is 0. The Hall–Kier alpha value is -0.800. The molecule has 0 radical (unpaired) electrons. The standard InChI is InChI=1S/C9H13N3O4S/c1-9(2)15-5-3(13)4(14-7(5)16-9)6-11-12-8(10)17-6/h3-5,7,13H,1-2H3,(H2,10,12)/t3-,4-,5+,7+/m0/s1. The van der Waals surface area contributed by atoms with Crippen LogP contribution in [0.5, 0.6) is 0 Å². The molecule has 0 aromatic carbocycles. The third kappa shape index (κ3) is 1.81. The van der Waals surface area contributed by atoms with E-state index in [1.165, 1.54) is 11.3 Å². The summed E-state index contributed by atoms with van der Waals surface area (Å²) in [5.41, 5.74) is 5.50. The van der Waals surface area contributed by atoms with Gasteiger partial charge in [-0.15, -0.1) is 10.2 Å². The van der Waals surface area contributed by atoms with Crippen molar-refractivity contribution >= 4 is 16.5 Å². The Kier molecular flexibility index (Phi) is 2.39. The van der Waals surface area contributed by atoms with E-state index in [9.17, 15) is 5.11 Å². The van der Waals surface area contributed by atoms with E-state index in [-0.39, 0.29) is 0 Å². The first-order valence-corrected chi connectivity index (χ1v) is 6.06. The Balaban J connectivity index is 1.80. The van der Waals surface area contributed by atoms with Gasteiger partial charge in [-0.05, 0) is 13.8 Å². The second kappa shape index (κ2) is 3.59. The Morgan fingerprint density at radius 1 is 1.35 bits per heavy atom. The molecule has 4 atom stereocenters. The molecule has 3 N–H and O–H groups in total. The number of aliphatic hydroxyl groups excluding tert-OH is 1. The molecule has 1 aromatic rings. The summed E-state index contributed by atoms with van der Waals surface area (Å²) in [6.45, 7) is 3.55. The van der Waals surface area contributed by atoms with Gasteiger partial charge in [-0.2, -0.15) is 0 Å². The Labute approximate surface area is 101 Å². The van der Waals surface area contributed by atoms with Gasteiger partial charge in [-0.25, -0.2) is 0 Å². The molecule has 17 heavy (non-hydrogen) atoms. The molecule has 7 nitrogen and oxygen atoms in total. The minimum atomic E-state index is -0.825. The molecular weight excluding hydrogens is 246 g/mol. The lowest BCUT2D eigenvalue weighted by atomic mass is 10.1. The van der Waals surface area contributed by atoms with Gasteiger partial charge in [0.1, 0.15) is 18.3 Å². The molecule has 3 heterocycles. The second-order valence-corrected chi connectivity index (χ2v) is 5.54. The third-order valence-corrected chi connectivity index (χ3v) is 3.53. The SMILES string of the molecule is CC1(C)O[C@H]2O[C@H](c3nnc(N)s3)[C@H](O)[C@H]2O1. The van der Waals surface area contributed by atoms with Crippen LogP contribution >= 0.6 is 11.3 Å². The first kappa shape index (κ1) is 11.3.